The molecule has 12 heteroatoms. The van der Waals surface area contributed by atoms with E-state index in [2.05, 4.69) is 15.0 Å². The first-order valence-corrected chi connectivity index (χ1v) is 8.78. The molecule has 1 saturated heterocycles. The molecule has 1 aliphatic heterocycles. The third-order valence-corrected chi connectivity index (χ3v) is 4.13. The number of anilines is 1. The fourth-order valence-corrected chi connectivity index (χ4v) is 2.88. The van der Waals surface area contributed by atoms with Crippen LogP contribution in [0.15, 0.2) is 11.1 Å². The number of hydrogen-bond acceptors (Lipinski definition) is 8. The molecule has 0 aromatic carbocycles. The number of imidazole rings is 1. The lowest BCUT2D eigenvalue weighted by Crippen LogP contribution is -2.26. The van der Waals surface area contributed by atoms with Crippen LogP contribution in [0.25, 0.3) is 11.2 Å². The highest BCUT2D eigenvalue weighted by molar-refractivity contribution is 7.51. The highest BCUT2D eigenvalue weighted by Gasteiger charge is 2.37. The molecular weight excluding hydrogens is 329 g/mol. The predicted octanol–water partition coefficient (Wildman–Crippen LogP) is -0.818. The topological polar surface area (TPSA) is 166 Å². The lowest BCUT2D eigenvalue weighted by Gasteiger charge is -2.16. The number of hydrogen-bond donors (Lipinski definition) is 4. The smallest absolute Gasteiger partial charge is 0.329 e. The zero-order valence-electron chi connectivity index (χ0n) is 12.1. The van der Waals surface area contributed by atoms with E-state index in [-0.39, 0.29) is 30.0 Å². The Morgan fingerprint density at radius 1 is 1.61 bits per heavy atom. The van der Waals surface area contributed by atoms with Gasteiger partial charge in [0.15, 0.2) is 11.5 Å². The molecule has 4 atom stereocenters. The Hall–Kier alpha value is -1.78. The van der Waals surface area contributed by atoms with Gasteiger partial charge in [-0.3, -0.25) is 4.57 Å². The molecule has 3 rings (SSSR count). The lowest BCUT2D eigenvalue weighted by molar-refractivity contribution is -0.0403. The molecule has 1 fully saturated rings. The van der Waals surface area contributed by atoms with Crippen molar-refractivity contribution in [1.29, 1.82) is 0 Å². The van der Waals surface area contributed by atoms with Crippen LogP contribution >= 0.6 is 7.60 Å². The number of H-pyrrole nitrogens is 1. The van der Waals surface area contributed by atoms with Crippen molar-refractivity contribution >= 4 is 24.6 Å². The molecule has 11 nitrogen and oxygen atoms in total. The first kappa shape index (κ1) is 16.1. The molecule has 2 aromatic rings. The van der Waals surface area contributed by atoms with Crippen LogP contribution in [-0.4, -0.2) is 55.0 Å². The van der Waals surface area contributed by atoms with E-state index in [0.717, 1.165) is 6.66 Å². The molecule has 0 spiro atoms. The predicted molar refractivity (Wildman–Crippen MR) is 78.8 cm³/mol. The number of aliphatic hydroxyl groups excluding tert-OH is 1. The summed E-state index contributed by atoms with van der Waals surface area (Å²) in [6.07, 6.45) is -1.28. The van der Waals surface area contributed by atoms with Crippen molar-refractivity contribution in [2.24, 2.45) is 0 Å². The molecule has 0 amide bonds. The Kier molecular flexibility index (Phi) is 3.98. The molecule has 0 bridgehead atoms. The third kappa shape index (κ3) is 3.14. The van der Waals surface area contributed by atoms with Gasteiger partial charge in [0.1, 0.15) is 24.2 Å². The van der Waals surface area contributed by atoms with E-state index < -0.39 is 31.7 Å². The summed E-state index contributed by atoms with van der Waals surface area (Å²) in [6.45, 7) is 0.770. The van der Waals surface area contributed by atoms with Gasteiger partial charge in [0, 0.05) is 13.1 Å². The van der Waals surface area contributed by atoms with Crippen LogP contribution in [0, 0.1) is 0 Å². The molecule has 1 aliphatic rings. The fourth-order valence-electron chi connectivity index (χ4n) is 2.46. The summed E-state index contributed by atoms with van der Waals surface area (Å²) < 4.78 is 22.7. The van der Waals surface area contributed by atoms with Gasteiger partial charge in [-0.2, -0.15) is 0 Å². The normalized spacial score (nSPS) is 27.3. The van der Waals surface area contributed by atoms with Crippen LogP contribution in [0.5, 0.6) is 0 Å². The van der Waals surface area contributed by atoms with Gasteiger partial charge >= 0.3 is 13.3 Å². The van der Waals surface area contributed by atoms with Gasteiger partial charge in [0.2, 0.25) is 0 Å². The van der Waals surface area contributed by atoms with Crippen molar-refractivity contribution in [3.63, 3.8) is 0 Å². The number of nitrogens with two attached hydrogens (primary N) is 1. The minimum atomic E-state index is -3.68. The maximum absolute atomic E-state index is 12.1. The van der Waals surface area contributed by atoms with Gasteiger partial charge in [-0.05, 0) is 0 Å². The molecule has 5 N–H and O–H groups in total. The van der Waals surface area contributed by atoms with Crippen molar-refractivity contribution < 1.29 is 23.8 Å². The summed E-state index contributed by atoms with van der Waals surface area (Å²) in [7, 11) is -3.68. The molecule has 126 valence electrons. The number of aromatic amines is 1. The second kappa shape index (κ2) is 5.69. The SMILES string of the molecule is CP(=O)(O)OC[C@H]1O[C@@H](n2c(=O)[nH]c3c(N)ncnc32)C[C@@H]1O. The summed E-state index contributed by atoms with van der Waals surface area (Å²) in [6, 6.07) is 0. The Bertz CT molecular complexity index is 828. The maximum Gasteiger partial charge on any atom is 0.329 e. The number of ether oxygens (including phenoxy) is 1. The summed E-state index contributed by atoms with van der Waals surface area (Å²) in [5, 5.41) is 10.0. The van der Waals surface area contributed by atoms with Gasteiger partial charge in [0.25, 0.3) is 0 Å². The maximum atomic E-state index is 12.1. The second-order valence-corrected chi connectivity index (χ2v) is 7.15. The van der Waals surface area contributed by atoms with Crippen LogP contribution in [0.3, 0.4) is 0 Å². The van der Waals surface area contributed by atoms with Gasteiger partial charge < -0.3 is 30.0 Å². The van der Waals surface area contributed by atoms with Gasteiger partial charge in [0.05, 0.1) is 12.7 Å². The summed E-state index contributed by atoms with van der Waals surface area (Å²) in [5.74, 6) is 0.122. The quantitative estimate of drug-likeness (QED) is 0.518. The average molecular weight is 345 g/mol. The van der Waals surface area contributed by atoms with Gasteiger partial charge in [-0.15, -0.1) is 0 Å². The monoisotopic (exact) mass is 345 g/mol. The highest BCUT2D eigenvalue weighted by Crippen LogP contribution is 2.38. The Balaban J connectivity index is 1.87. The Morgan fingerprint density at radius 2 is 2.35 bits per heavy atom. The van der Waals surface area contributed by atoms with E-state index >= 15 is 0 Å². The molecule has 1 unspecified atom stereocenters. The fraction of sp³-hybridized carbons (Fsp3) is 0.545. The van der Waals surface area contributed by atoms with Crippen molar-refractivity contribution in [2.75, 3.05) is 19.0 Å². The van der Waals surface area contributed by atoms with Crippen LogP contribution < -0.4 is 11.4 Å². The van der Waals surface area contributed by atoms with E-state index in [1.807, 2.05) is 0 Å². The van der Waals surface area contributed by atoms with Crippen LogP contribution in [0.4, 0.5) is 5.82 Å². The summed E-state index contributed by atoms with van der Waals surface area (Å²) in [4.78, 5) is 31.6. The summed E-state index contributed by atoms with van der Waals surface area (Å²) in [5.41, 5.74) is 5.71. The number of fused-ring (bicyclic) bond motifs is 1. The molecule has 0 aliphatic carbocycles. The number of nitrogen functional groups attached to an aromatic ring is 1. The first-order chi connectivity index (χ1) is 10.8. The molecular formula is C11H16N5O6P. The van der Waals surface area contributed by atoms with Gasteiger partial charge in [-0.1, -0.05) is 0 Å². The van der Waals surface area contributed by atoms with Crippen LogP contribution in [-0.2, 0) is 13.8 Å². The molecule has 0 radical (unpaired) electrons. The number of aliphatic hydroxyl groups is 1. The van der Waals surface area contributed by atoms with Crippen molar-refractivity contribution in [3.8, 4) is 0 Å². The van der Waals surface area contributed by atoms with Crippen LogP contribution in [0.2, 0.25) is 0 Å². The van der Waals surface area contributed by atoms with E-state index in [1.165, 1.54) is 10.9 Å². The lowest BCUT2D eigenvalue weighted by atomic mass is 10.2. The summed E-state index contributed by atoms with van der Waals surface area (Å²) >= 11 is 0. The molecule has 2 aromatic heterocycles. The average Bonchev–Trinajstić information content (AvgIpc) is 2.96. The minimum absolute atomic E-state index is 0.101. The van der Waals surface area contributed by atoms with E-state index in [9.17, 15) is 14.5 Å². The minimum Gasteiger partial charge on any atom is -0.390 e. The zero-order chi connectivity index (χ0) is 16.8. The first-order valence-electron chi connectivity index (χ1n) is 6.75. The third-order valence-electron chi connectivity index (χ3n) is 3.51. The zero-order valence-corrected chi connectivity index (χ0v) is 13.0. The van der Waals surface area contributed by atoms with Crippen LogP contribution in [0.1, 0.15) is 12.6 Å². The number of aromatic nitrogens is 4. The number of rotatable bonds is 4. The van der Waals surface area contributed by atoms with Crippen molar-refractivity contribution in [1.82, 2.24) is 19.5 Å². The number of nitrogens with zero attached hydrogens (tertiary/aromatic N) is 3. The molecule has 23 heavy (non-hydrogen) atoms. The molecule has 0 saturated carbocycles. The van der Waals surface area contributed by atoms with E-state index in [4.69, 9.17) is 19.9 Å². The van der Waals surface area contributed by atoms with E-state index in [0.29, 0.717) is 0 Å². The van der Waals surface area contributed by atoms with Gasteiger partial charge in [-0.25, -0.2) is 19.3 Å². The largest absolute Gasteiger partial charge is 0.390 e. The van der Waals surface area contributed by atoms with Crippen molar-refractivity contribution in [2.45, 2.75) is 24.9 Å². The number of nitrogens with one attached hydrogen (secondary N) is 1. The Morgan fingerprint density at radius 3 is 3.04 bits per heavy atom. The van der Waals surface area contributed by atoms with E-state index in [1.54, 1.807) is 0 Å². The molecule has 3 heterocycles. The second-order valence-electron chi connectivity index (χ2n) is 5.29. The standard InChI is InChI=1S/C11H16N5O6P/c1-23(19,20)21-3-6-5(17)2-7(22-6)16-10-8(15-11(16)18)9(12)13-4-14-10/h4-7,17H,2-3H2,1H3,(H,15,18)(H,19,20)(H2,12,13,14)/t5-,6+,7+/m0/s1. The Labute approximate surface area is 129 Å². The van der Waals surface area contributed by atoms with Crippen molar-refractivity contribution in [3.05, 3.63) is 16.8 Å². The highest BCUT2D eigenvalue weighted by atomic mass is 31.2.